The van der Waals surface area contributed by atoms with Crippen molar-refractivity contribution in [3.8, 4) is 5.75 Å². The Hall–Kier alpha value is -2.77. The first-order chi connectivity index (χ1) is 14.5. The summed E-state index contributed by atoms with van der Waals surface area (Å²) in [6, 6.07) is 14.3. The lowest BCUT2D eigenvalue weighted by molar-refractivity contribution is -0.122. The number of para-hydroxylation sites is 1. The molecule has 156 valence electrons. The zero-order valence-corrected chi connectivity index (χ0v) is 18.3. The number of hydrogen-bond acceptors (Lipinski definition) is 5. The number of anilines is 1. The number of ether oxygens (including phenoxy) is 1. The lowest BCUT2D eigenvalue weighted by Crippen LogP contribution is -2.28. The number of carbonyl (C=O) groups is 2. The highest BCUT2D eigenvalue weighted by Gasteiger charge is 2.31. The van der Waals surface area contributed by atoms with Gasteiger partial charge in [0.15, 0.2) is 11.8 Å². The van der Waals surface area contributed by atoms with E-state index in [9.17, 15) is 9.59 Å². The van der Waals surface area contributed by atoms with E-state index in [-0.39, 0.29) is 18.4 Å². The van der Waals surface area contributed by atoms with E-state index in [1.54, 1.807) is 41.3 Å². The molecule has 0 atom stereocenters. The minimum absolute atomic E-state index is 0.0660. The lowest BCUT2D eigenvalue weighted by atomic mass is 10.2. The number of likely N-dealkylation sites (N-methyl/N-ethyl adjacent to an activating group) is 1. The first-order valence-corrected chi connectivity index (χ1v) is 10.7. The molecule has 0 radical (unpaired) electrons. The first kappa shape index (κ1) is 21.9. The monoisotopic (exact) mass is 443 g/mol. The van der Waals surface area contributed by atoms with E-state index in [2.05, 4.69) is 10.3 Å². The number of carbonyl (C=O) groups excluding carboxylic acids is 2. The second-order valence-electron chi connectivity index (χ2n) is 6.31. The van der Waals surface area contributed by atoms with Crippen molar-refractivity contribution in [3.05, 3.63) is 64.0 Å². The fourth-order valence-corrected chi connectivity index (χ4v) is 4.13. The van der Waals surface area contributed by atoms with Crippen molar-refractivity contribution in [2.75, 3.05) is 25.0 Å². The van der Waals surface area contributed by atoms with Gasteiger partial charge in [0.25, 0.3) is 11.8 Å². The zero-order chi connectivity index (χ0) is 21.5. The van der Waals surface area contributed by atoms with Gasteiger partial charge >= 0.3 is 0 Å². The van der Waals surface area contributed by atoms with Gasteiger partial charge in [0.1, 0.15) is 5.75 Å². The Morgan fingerprint density at radius 1 is 1.23 bits per heavy atom. The van der Waals surface area contributed by atoms with Crippen molar-refractivity contribution < 1.29 is 14.3 Å². The number of nitrogens with one attached hydrogen (secondary N) is 1. The summed E-state index contributed by atoms with van der Waals surface area (Å²) >= 11 is 7.67. The van der Waals surface area contributed by atoms with Crippen molar-refractivity contribution in [2.24, 2.45) is 4.99 Å². The number of amidine groups is 1. The van der Waals surface area contributed by atoms with Crippen LogP contribution in [0.15, 0.2) is 58.4 Å². The van der Waals surface area contributed by atoms with Crippen LogP contribution in [0.5, 0.6) is 5.75 Å². The van der Waals surface area contributed by atoms with Crippen LogP contribution in [-0.4, -0.2) is 41.6 Å². The number of amides is 2. The van der Waals surface area contributed by atoms with Crippen LogP contribution in [-0.2, 0) is 9.59 Å². The molecule has 0 saturated carbocycles. The van der Waals surface area contributed by atoms with Crippen LogP contribution in [0.25, 0.3) is 6.08 Å². The summed E-state index contributed by atoms with van der Waals surface area (Å²) in [5, 5.41) is 3.83. The topological polar surface area (TPSA) is 71.0 Å². The van der Waals surface area contributed by atoms with Crippen LogP contribution in [0.1, 0.15) is 19.4 Å². The Morgan fingerprint density at radius 3 is 2.67 bits per heavy atom. The van der Waals surface area contributed by atoms with Crippen LogP contribution in [0.3, 0.4) is 0 Å². The highest BCUT2D eigenvalue weighted by molar-refractivity contribution is 8.18. The quantitative estimate of drug-likeness (QED) is 0.631. The Labute approximate surface area is 185 Å². The molecule has 30 heavy (non-hydrogen) atoms. The number of rotatable bonds is 7. The normalized spacial score (nSPS) is 16.4. The third-order valence-electron chi connectivity index (χ3n) is 4.17. The Kier molecular flexibility index (Phi) is 7.54. The number of nitrogens with zero attached hydrogens (tertiary/aromatic N) is 2. The molecule has 1 aliphatic rings. The molecule has 8 heteroatoms. The molecule has 1 heterocycles. The molecule has 1 saturated heterocycles. The molecule has 0 aromatic heterocycles. The predicted octanol–water partition coefficient (Wildman–Crippen LogP) is 4.67. The molecule has 0 aliphatic carbocycles. The van der Waals surface area contributed by atoms with Gasteiger partial charge in [-0.25, -0.2) is 0 Å². The van der Waals surface area contributed by atoms with Crippen molar-refractivity contribution in [3.63, 3.8) is 0 Å². The van der Waals surface area contributed by atoms with E-state index < -0.39 is 0 Å². The van der Waals surface area contributed by atoms with E-state index >= 15 is 0 Å². The van der Waals surface area contributed by atoms with Gasteiger partial charge in [-0.2, -0.15) is 0 Å². The molecule has 2 aromatic rings. The average Bonchev–Trinajstić information content (AvgIpc) is 3.02. The Morgan fingerprint density at radius 2 is 2.00 bits per heavy atom. The fourth-order valence-electron chi connectivity index (χ4n) is 2.78. The smallest absolute Gasteiger partial charge is 0.266 e. The van der Waals surface area contributed by atoms with Crippen molar-refractivity contribution >= 4 is 52.1 Å². The van der Waals surface area contributed by atoms with Crippen LogP contribution >= 0.6 is 23.4 Å². The Bertz CT molecular complexity index is 992. The van der Waals surface area contributed by atoms with Crippen LogP contribution in [0.4, 0.5) is 5.69 Å². The molecule has 6 nitrogen and oxygen atoms in total. The minimum Gasteiger partial charge on any atom is -0.482 e. The van der Waals surface area contributed by atoms with Gasteiger partial charge in [-0.15, -0.1) is 0 Å². The molecule has 1 aliphatic heterocycles. The molecule has 0 bridgehead atoms. The van der Waals surface area contributed by atoms with Gasteiger partial charge in [0.2, 0.25) is 0 Å². The summed E-state index contributed by atoms with van der Waals surface area (Å²) in [4.78, 5) is 31.2. The summed E-state index contributed by atoms with van der Waals surface area (Å²) in [6.07, 6.45) is 1.78. The van der Waals surface area contributed by atoms with Gasteiger partial charge in [-0.3, -0.25) is 19.5 Å². The number of thioether (sulfide) groups is 1. The van der Waals surface area contributed by atoms with E-state index in [1.165, 1.54) is 11.8 Å². The van der Waals surface area contributed by atoms with E-state index in [4.69, 9.17) is 16.3 Å². The third-order valence-corrected chi connectivity index (χ3v) is 5.51. The van der Waals surface area contributed by atoms with Crippen molar-refractivity contribution in [1.82, 2.24) is 4.90 Å². The van der Waals surface area contributed by atoms with E-state index in [0.717, 1.165) is 5.56 Å². The summed E-state index contributed by atoms with van der Waals surface area (Å²) in [6.45, 7) is 4.89. The van der Waals surface area contributed by atoms with Gasteiger partial charge in [-0.05, 0) is 61.5 Å². The van der Waals surface area contributed by atoms with Crippen molar-refractivity contribution in [2.45, 2.75) is 13.8 Å². The maximum absolute atomic E-state index is 12.6. The highest BCUT2D eigenvalue weighted by Crippen LogP contribution is 2.33. The number of benzene rings is 2. The zero-order valence-electron chi connectivity index (χ0n) is 16.7. The molecule has 1 fully saturated rings. The molecule has 3 rings (SSSR count). The standard InChI is InChI=1S/C22H22ClN3O3S/c1-3-24-22-26(4-2)21(28)19(30-22)13-15-10-11-18(17(23)12-15)29-14-20(27)25-16-8-6-5-7-9-16/h5-13H,3-4,14H2,1-2H3,(H,25,27)/b19-13+,24-22?. The summed E-state index contributed by atoms with van der Waals surface area (Å²) in [5.41, 5.74) is 1.47. The van der Waals surface area contributed by atoms with Crippen molar-refractivity contribution in [1.29, 1.82) is 0 Å². The van der Waals surface area contributed by atoms with Crippen LogP contribution < -0.4 is 10.1 Å². The summed E-state index contributed by atoms with van der Waals surface area (Å²) in [5.74, 6) is 0.0541. The SMILES string of the molecule is CCN=C1S/C(=C/c2ccc(OCC(=O)Nc3ccccc3)c(Cl)c2)C(=O)N1CC. The molecule has 0 unspecified atom stereocenters. The van der Waals surface area contributed by atoms with Gasteiger partial charge < -0.3 is 10.1 Å². The predicted molar refractivity (Wildman–Crippen MR) is 123 cm³/mol. The van der Waals surface area contributed by atoms with E-state index in [0.29, 0.717) is 39.6 Å². The van der Waals surface area contributed by atoms with Crippen LogP contribution in [0.2, 0.25) is 5.02 Å². The largest absolute Gasteiger partial charge is 0.482 e. The molecule has 2 amide bonds. The third kappa shape index (κ3) is 5.43. The van der Waals surface area contributed by atoms with Crippen LogP contribution in [0, 0.1) is 0 Å². The maximum Gasteiger partial charge on any atom is 0.266 e. The number of aliphatic imine (C=N–C) groups is 1. The average molecular weight is 444 g/mol. The molecular formula is C22H22ClN3O3S. The minimum atomic E-state index is -0.279. The summed E-state index contributed by atoms with van der Waals surface area (Å²) < 4.78 is 5.54. The Balaban J connectivity index is 1.65. The molecule has 0 spiro atoms. The second-order valence-corrected chi connectivity index (χ2v) is 7.73. The second kappa shape index (κ2) is 10.3. The van der Waals surface area contributed by atoms with Gasteiger partial charge in [0, 0.05) is 18.8 Å². The van der Waals surface area contributed by atoms with Gasteiger partial charge in [0.05, 0.1) is 9.93 Å². The van der Waals surface area contributed by atoms with Gasteiger partial charge in [-0.1, -0.05) is 35.9 Å². The van der Waals surface area contributed by atoms with E-state index in [1.807, 2.05) is 32.0 Å². The fraction of sp³-hybridized carbons (Fsp3) is 0.227. The highest BCUT2D eigenvalue weighted by atomic mass is 35.5. The lowest BCUT2D eigenvalue weighted by Gasteiger charge is -2.11. The molecule has 1 N–H and O–H groups in total. The first-order valence-electron chi connectivity index (χ1n) is 9.55. The number of hydrogen-bond donors (Lipinski definition) is 1. The molecule has 2 aromatic carbocycles. The maximum atomic E-state index is 12.6. The number of halogens is 1. The molecular weight excluding hydrogens is 422 g/mol. The summed E-state index contributed by atoms with van der Waals surface area (Å²) in [7, 11) is 0.